The number of esters is 1. The van der Waals surface area contributed by atoms with E-state index in [1.54, 1.807) is 12.1 Å². The highest BCUT2D eigenvalue weighted by Crippen LogP contribution is 2.22. The lowest BCUT2D eigenvalue weighted by atomic mass is 10.3. The van der Waals surface area contributed by atoms with Gasteiger partial charge in [0.15, 0.2) is 6.61 Å². The van der Waals surface area contributed by atoms with Crippen molar-refractivity contribution in [2.24, 2.45) is 0 Å². The Morgan fingerprint density at radius 3 is 2.41 bits per heavy atom. The first-order valence-electron chi connectivity index (χ1n) is 8.45. The molecule has 0 saturated carbocycles. The van der Waals surface area contributed by atoms with Crippen molar-refractivity contribution in [1.82, 2.24) is 9.29 Å². The number of anilines is 1. The third-order valence-corrected chi connectivity index (χ3v) is 5.96. The molecule has 1 saturated heterocycles. The summed E-state index contributed by atoms with van der Waals surface area (Å²) in [5.41, 5.74) is 0.524. The second-order valence-corrected chi connectivity index (χ2v) is 7.91. The topological polar surface area (TPSA) is 106 Å². The van der Waals surface area contributed by atoms with Crippen molar-refractivity contribution in [2.45, 2.75) is 17.7 Å². The summed E-state index contributed by atoms with van der Waals surface area (Å²) in [4.78, 5) is 27.7. The number of nitrogens with one attached hydrogen (secondary N) is 1. The first-order chi connectivity index (χ1) is 13.0. The SMILES string of the molecule is O=C(COC(=O)c1ccccn1)Nc1ccc(S(=O)(=O)N2CCCC2)cc1. The number of hydrogen-bond acceptors (Lipinski definition) is 6. The van der Waals surface area contributed by atoms with Crippen LogP contribution >= 0.6 is 0 Å². The average Bonchev–Trinajstić information content (AvgIpc) is 3.23. The molecule has 8 nitrogen and oxygen atoms in total. The van der Waals surface area contributed by atoms with Gasteiger partial charge in [0.25, 0.3) is 5.91 Å². The Balaban J connectivity index is 1.55. The summed E-state index contributed by atoms with van der Waals surface area (Å²) in [5, 5.41) is 2.55. The average molecular weight is 389 g/mol. The van der Waals surface area contributed by atoms with E-state index in [2.05, 4.69) is 10.3 Å². The maximum Gasteiger partial charge on any atom is 0.357 e. The fraction of sp³-hybridized carbons (Fsp3) is 0.278. The lowest BCUT2D eigenvalue weighted by Gasteiger charge is -2.15. The van der Waals surface area contributed by atoms with Crippen molar-refractivity contribution in [3.05, 3.63) is 54.4 Å². The Labute approximate surface area is 157 Å². The Kier molecular flexibility index (Phi) is 5.82. The minimum absolute atomic E-state index is 0.113. The number of carbonyl (C=O) groups is 2. The molecule has 0 spiro atoms. The Morgan fingerprint density at radius 2 is 1.78 bits per heavy atom. The predicted octanol–water partition coefficient (Wildman–Crippen LogP) is 1.66. The monoisotopic (exact) mass is 389 g/mol. The number of pyridine rings is 1. The van der Waals surface area contributed by atoms with Gasteiger partial charge in [0.1, 0.15) is 5.69 Å². The molecule has 3 rings (SSSR count). The summed E-state index contributed by atoms with van der Waals surface area (Å²) < 4.78 is 31.3. The zero-order valence-electron chi connectivity index (χ0n) is 14.5. The van der Waals surface area contributed by atoms with Crippen LogP contribution in [-0.4, -0.2) is 49.3 Å². The van der Waals surface area contributed by atoms with Gasteiger partial charge < -0.3 is 10.1 Å². The molecule has 1 aliphatic heterocycles. The lowest BCUT2D eigenvalue weighted by molar-refractivity contribution is -0.119. The molecule has 1 N–H and O–H groups in total. The second-order valence-electron chi connectivity index (χ2n) is 5.97. The van der Waals surface area contributed by atoms with Crippen molar-refractivity contribution in [1.29, 1.82) is 0 Å². The molecule has 142 valence electrons. The van der Waals surface area contributed by atoms with E-state index in [0.29, 0.717) is 18.8 Å². The lowest BCUT2D eigenvalue weighted by Crippen LogP contribution is -2.27. The van der Waals surface area contributed by atoms with Gasteiger partial charge in [-0.2, -0.15) is 4.31 Å². The molecular weight excluding hydrogens is 370 g/mol. The number of benzene rings is 1. The predicted molar refractivity (Wildman–Crippen MR) is 97.6 cm³/mol. The molecule has 1 aromatic carbocycles. The van der Waals surface area contributed by atoms with E-state index in [1.807, 2.05) is 0 Å². The van der Waals surface area contributed by atoms with Crippen molar-refractivity contribution in [3.8, 4) is 0 Å². The summed E-state index contributed by atoms with van der Waals surface area (Å²) in [5.74, 6) is -1.23. The van der Waals surface area contributed by atoms with Gasteiger partial charge in [-0.3, -0.25) is 4.79 Å². The second kappa shape index (κ2) is 8.28. The molecule has 27 heavy (non-hydrogen) atoms. The van der Waals surface area contributed by atoms with E-state index in [0.717, 1.165) is 12.8 Å². The maximum absolute atomic E-state index is 12.5. The number of carbonyl (C=O) groups excluding carboxylic acids is 2. The third kappa shape index (κ3) is 4.69. The van der Waals surface area contributed by atoms with Gasteiger partial charge in [-0.05, 0) is 49.2 Å². The Hall–Kier alpha value is -2.78. The van der Waals surface area contributed by atoms with Crippen LogP contribution in [0.15, 0.2) is 53.6 Å². The van der Waals surface area contributed by atoms with Crippen LogP contribution in [0.2, 0.25) is 0 Å². The van der Waals surface area contributed by atoms with Crippen LogP contribution in [0.25, 0.3) is 0 Å². The van der Waals surface area contributed by atoms with Crippen molar-refractivity contribution < 1.29 is 22.7 Å². The first kappa shape index (κ1) is 19.0. The minimum atomic E-state index is -3.49. The zero-order valence-corrected chi connectivity index (χ0v) is 15.3. The molecule has 0 radical (unpaired) electrons. The van der Waals surface area contributed by atoms with Gasteiger partial charge in [-0.15, -0.1) is 0 Å². The summed E-state index contributed by atoms with van der Waals surface area (Å²) in [6, 6.07) is 10.7. The molecule has 0 bridgehead atoms. The summed E-state index contributed by atoms with van der Waals surface area (Å²) in [7, 11) is -3.49. The van der Waals surface area contributed by atoms with E-state index in [1.165, 1.54) is 40.8 Å². The van der Waals surface area contributed by atoms with Gasteiger partial charge in [0.05, 0.1) is 4.90 Å². The van der Waals surface area contributed by atoms with Gasteiger partial charge in [-0.25, -0.2) is 18.2 Å². The number of amides is 1. The smallest absolute Gasteiger partial charge is 0.357 e. The van der Waals surface area contributed by atoms with Gasteiger partial charge in [-0.1, -0.05) is 6.07 Å². The van der Waals surface area contributed by atoms with Gasteiger partial charge in [0.2, 0.25) is 10.0 Å². The van der Waals surface area contributed by atoms with Crippen LogP contribution in [0.4, 0.5) is 5.69 Å². The fourth-order valence-electron chi connectivity index (χ4n) is 2.67. The highest BCUT2D eigenvalue weighted by Gasteiger charge is 2.26. The first-order valence-corrected chi connectivity index (χ1v) is 9.89. The van der Waals surface area contributed by atoms with Crippen molar-refractivity contribution >= 4 is 27.6 Å². The highest BCUT2D eigenvalue weighted by atomic mass is 32.2. The molecule has 9 heteroatoms. The third-order valence-electron chi connectivity index (χ3n) is 4.05. The molecule has 1 aliphatic rings. The quantitative estimate of drug-likeness (QED) is 0.753. The van der Waals surface area contributed by atoms with E-state index < -0.39 is 28.5 Å². The summed E-state index contributed by atoms with van der Waals surface area (Å²) >= 11 is 0. The van der Waals surface area contributed by atoms with Crippen LogP contribution in [0.3, 0.4) is 0 Å². The Morgan fingerprint density at radius 1 is 1.07 bits per heavy atom. The molecule has 0 unspecified atom stereocenters. The van der Waals surface area contributed by atoms with Crippen LogP contribution in [0, 0.1) is 0 Å². The maximum atomic E-state index is 12.5. The molecule has 0 aliphatic carbocycles. The molecule has 2 aromatic rings. The largest absolute Gasteiger partial charge is 0.451 e. The van der Waals surface area contributed by atoms with E-state index in [-0.39, 0.29) is 10.6 Å². The number of rotatable bonds is 6. The number of nitrogens with zero attached hydrogens (tertiary/aromatic N) is 2. The summed E-state index contributed by atoms with van der Waals surface area (Å²) in [6.07, 6.45) is 3.18. The highest BCUT2D eigenvalue weighted by molar-refractivity contribution is 7.89. The molecule has 1 aromatic heterocycles. The Bertz CT molecular complexity index is 908. The standard InChI is InChI=1S/C18H19N3O5S/c22-17(13-26-18(23)16-5-1-2-10-19-16)20-14-6-8-15(9-7-14)27(24,25)21-11-3-4-12-21/h1-2,5-10H,3-4,11-13H2,(H,20,22). The van der Waals surface area contributed by atoms with Crippen molar-refractivity contribution in [2.75, 3.05) is 25.0 Å². The number of sulfonamides is 1. The normalized spacial score (nSPS) is 14.7. The molecule has 1 amide bonds. The number of hydrogen-bond donors (Lipinski definition) is 1. The van der Waals surface area contributed by atoms with Crippen LogP contribution in [0.5, 0.6) is 0 Å². The van der Waals surface area contributed by atoms with E-state index in [4.69, 9.17) is 4.74 Å². The van der Waals surface area contributed by atoms with Crippen LogP contribution in [0.1, 0.15) is 23.3 Å². The fourth-order valence-corrected chi connectivity index (χ4v) is 4.19. The van der Waals surface area contributed by atoms with E-state index in [9.17, 15) is 18.0 Å². The van der Waals surface area contributed by atoms with Gasteiger partial charge >= 0.3 is 5.97 Å². The minimum Gasteiger partial charge on any atom is -0.451 e. The van der Waals surface area contributed by atoms with Crippen molar-refractivity contribution in [3.63, 3.8) is 0 Å². The molecule has 1 fully saturated rings. The van der Waals surface area contributed by atoms with Gasteiger partial charge in [0, 0.05) is 25.0 Å². The van der Waals surface area contributed by atoms with Crippen LogP contribution < -0.4 is 5.32 Å². The number of aromatic nitrogens is 1. The number of ether oxygens (including phenoxy) is 1. The van der Waals surface area contributed by atoms with E-state index >= 15 is 0 Å². The molecule has 2 heterocycles. The molecular formula is C18H19N3O5S. The summed E-state index contributed by atoms with van der Waals surface area (Å²) in [6.45, 7) is 0.591. The molecule has 0 atom stereocenters. The zero-order chi connectivity index (χ0) is 19.3. The van der Waals surface area contributed by atoms with Crippen LogP contribution in [-0.2, 0) is 19.6 Å².